The van der Waals surface area contributed by atoms with E-state index in [1.807, 2.05) is 13.8 Å². The predicted octanol–water partition coefficient (Wildman–Crippen LogP) is 4.40. The lowest BCUT2D eigenvalue weighted by Crippen LogP contribution is -2.60. The number of ether oxygens (including phenoxy) is 1. The summed E-state index contributed by atoms with van der Waals surface area (Å²) in [6.45, 7) is 6.68. The first-order valence-electron chi connectivity index (χ1n) is 13.6. The number of alkyl halides is 2. The number of ketones is 3. The van der Waals surface area contributed by atoms with Crippen molar-refractivity contribution in [2.45, 2.75) is 96.8 Å². The molecule has 9 atom stereocenters. The molecule has 0 aliphatic heterocycles. The van der Waals surface area contributed by atoms with E-state index in [1.54, 1.807) is 0 Å². The van der Waals surface area contributed by atoms with E-state index in [1.165, 1.54) is 0 Å². The highest BCUT2D eigenvalue weighted by molar-refractivity contribution is 7.86. The largest absolute Gasteiger partial charge is 0.455 e. The van der Waals surface area contributed by atoms with Crippen LogP contribution in [0.25, 0.3) is 0 Å². The van der Waals surface area contributed by atoms with Crippen molar-refractivity contribution in [3.8, 4) is 0 Å². The van der Waals surface area contributed by atoms with Gasteiger partial charge in [0.2, 0.25) is 0 Å². The number of carbonyl (C=O) groups excluding carboxylic acids is 4. The molecule has 0 aromatic heterocycles. The van der Waals surface area contributed by atoms with Crippen molar-refractivity contribution >= 4 is 33.4 Å². The molecule has 0 aromatic carbocycles. The van der Waals surface area contributed by atoms with Gasteiger partial charge in [-0.05, 0) is 67.6 Å². The first-order chi connectivity index (χ1) is 17.4. The van der Waals surface area contributed by atoms with Gasteiger partial charge in [0.25, 0.3) is 0 Å². The molecular weight excluding hydrogens is 522 g/mol. The Kier molecular flexibility index (Phi) is 7.47. The molecule has 11 heteroatoms. The van der Waals surface area contributed by atoms with Gasteiger partial charge in [0.15, 0.2) is 6.10 Å². The fourth-order valence-electron chi connectivity index (χ4n) is 8.47. The van der Waals surface area contributed by atoms with Gasteiger partial charge in [0.1, 0.15) is 17.3 Å². The van der Waals surface area contributed by atoms with Gasteiger partial charge < -0.3 is 4.74 Å². The fraction of sp³-hybridized carbons (Fsp3) is 0.852. The van der Waals surface area contributed by atoms with Gasteiger partial charge >= 0.3 is 21.3 Å². The van der Waals surface area contributed by atoms with Crippen molar-refractivity contribution in [3.05, 3.63) is 0 Å². The number of halogens is 2. The topological polar surface area (TPSA) is 132 Å². The maximum absolute atomic E-state index is 13.8. The van der Waals surface area contributed by atoms with Gasteiger partial charge in [-0.15, -0.1) is 0 Å². The van der Waals surface area contributed by atoms with Crippen molar-refractivity contribution < 1.29 is 45.7 Å². The zero-order chi connectivity index (χ0) is 28.4. The number of hydrogen-bond acceptors (Lipinski definition) is 7. The van der Waals surface area contributed by atoms with Crippen LogP contribution in [0.4, 0.5) is 8.78 Å². The molecule has 1 N–H and O–H groups in total. The molecule has 0 saturated heterocycles. The minimum atomic E-state index is -5.74. The molecule has 0 spiro atoms. The normalized spacial score (nSPS) is 39.1. The molecule has 38 heavy (non-hydrogen) atoms. The van der Waals surface area contributed by atoms with E-state index in [4.69, 9.17) is 4.55 Å². The fourth-order valence-corrected chi connectivity index (χ4v) is 8.94. The SMILES string of the molecule is CC(CCC(=O)OC(C)C(F)(F)S(=O)(=O)O)[C@H]1CC[C@H]2[C@@H]3C(=O)C[C@@H]4CC(=O)CC[C@]4(C)[C@H]3CC(=O)[C@]12C. The van der Waals surface area contributed by atoms with Gasteiger partial charge in [0, 0.05) is 43.4 Å². The lowest BCUT2D eigenvalue weighted by Gasteiger charge is -2.58. The first kappa shape index (κ1) is 29.2. The van der Waals surface area contributed by atoms with Crippen LogP contribution in [0.15, 0.2) is 0 Å². The Morgan fingerprint density at radius 1 is 1.11 bits per heavy atom. The summed E-state index contributed by atoms with van der Waals surface area (Å²) < 4.78 is 62.6. The smallest absolute Gasteiger partial charge is 0.405 e. The summed E-state index contributed by atoms with van der Waals surface area (Å²) >= 11 is 0. The molecule has 0 aromatic rings. The monoisotopic (exact) mass is 560 g/mol. The number of rotatable bonds is 7. The lowest BCUT2D eigenvalue weighted by atomic mass is 9.44. The van der Waals surface area contributed by atoms with Crippen LogP contribution in [-0.2, 0) is 34.0 Å². The van der Waals surface area contributed by atoms with Crippen LogP contribution in [0.2, 0.25) is 0 Å². The van der Waals surface area contributed by atoms with Gasteiger partial charge in [-0.25, -0.2) is 0 Å². The molecule has 214 valence electrons. The minimum absolute atomic E-state index is 0.00705. The molecule has 0 radical (unpaired) electrons. The van der Waals surface area contributed by atoms with Crippen LogP contribution in [-0.4, -0.2) is 47.6 Å². The molecule has 0 bridgehead atoms. The highest BCUT2D eigenvalue weighted by atomic mass is 32.2. The second kappa shape index (κ2) is 9.71. The number of hydrogen-bond donors (Lipinski definition) is 1. The van der Waals surface area contributed by atoms with Crippen molar-refractivity contribution in [2.75, 3.05) is 0 Å². The van der Waals surface area contributed by atoms with Crippen LogP contribution in [0.5, 0.6) is 0 Å². The summed E-state index contributed by atoms with van der Waals surface area (Å²) in [6, 6.07) is 0. The third kappa shape index (κ3) is 4.55. The molecule has 8 nitrogen and oxygen atoms in total. The Morgan fingerprint density at radius 2 is 1.76 bits per heavy atom. The van der Waals surface area contributed by atoms with E-state index in [0.29, 0.717) is 51.9 Å². The number of esters is 1. The summed E-state index contributed by atoms with van der Waals surface area (Å²) in [6.07, 6.45) is 1.34. The number of Topliss-reactive ketones (excluding diaryl/α,β-unsaturated/α-hetero) is 3. The maximum Gasteiger partial charge on any atom is 0.405 e. The van der Waals surface area contributed by atoms with Crippen LogP contribution >= 0.6 is 0 Å². The average molecular weight is 561 g/mol. The summed E-state index contributed by atoms with van der Waals surface area (Å²) in [4.78, 5) is 51.6. The third-order valence-electron chi connectivity index (χ3n) is 10.8. The standard InChI is InChI=1S/C27H38F2O8S/c1-14(5-8-23(33)37-15(2)27(28,29)38(34,35)36)18-6-7-19-24-20(13-22(32)26(18,19)4)25(3)10-9-17(30)11-16(25)12-21(24)31/h14-16,18-20,24H,5-13H2,1-4H3,(H,34,35,36)/t14?,15?,16-,18+,19-,20-,24-,25-,26+/m0/s1. The summed E-state index contributed by atoms with van der Waals surface area (Å²) in [5, 5.41) is -4.63. The van der Waals surface area contributed by atoms with E-state index in [2.05, 4.69) is 11.7 Å². The minimum Gasteiger partial charge on any atom is -0.455 e. The Morgan fingerprint density at radius 3 is 2.39 bits per heavy atom. The highest BCUT2D eigenvalue weighted by Crippen LogP contribution is 2.66. The highest BCUT2D eigenvalue weighted by Gasteiger charge is 2.66. The van der Waals surface area contributed by atoms with Gasteiger partial charge in [0.05, 0.1) is 0 Å². The molecule has 2 unspecified atom stereocenters. The zero-order valence-electron chi connectivity index (χ0n) is 22.4. The second-order valence-corrected chi connectivity index (χ2v) is 14.1. The quantitative estimate of drug-likeness (QED) is 0.358. The Labute approximate surface area is 222 Å². The molecule has 4 fully saturated rings. The zero-order valence-corrected chi connectivity index (χ0v) is 23.2. The molecule has 4 aliphatic carbocycles. The van der Waals surface area contributed by atoms with Crippen LogP contribution in [0.3, 0.4) is 0 Å². The van der Waals surface area contributed by atoms with E-state index in [0.717, 1.165) is 0 Å². The van der Waals surface area contributed by atoms with Crippen molar-refractivity contribution in [1.82, 2.24) is 0 Å². The van der Waals surface area contributed by atoms with Gasteiger partial charge in [-0.2, -0.15) is 17.2 Å². The number of fused-ring (bicyclic) bond motifs is 5. The molecule has 0 amide bonds. The molecule has 4 aliphatic rings. The molecule has 0 heterocycles. The van der Waals surface area contributed by atoms with Crippen LogP contribution in [0, 0.1) is 46.3 Å². The molecule has 4 saturated carbocycles. The summed E-state index contributed by atoms with van der Waals surface area (Å²) in [7, 11) is -5.74. The number of carbonyl (C=O) groups is 4. The Hall–Kier alpha value is -1.75. The molecular formula is C27H38F2O8S. The Bertz CT molecular complexity index is 1140. The van der Waals surface area contributed by atoms with E-state index in [-0.39, 0.29) is 71.1 Å². The van der Waals surface area contributed by atoms with Crippen molar-refractivity contribution in [1.29, 1.82) is 0 Å². The van der Waals surface area contributed by atoms with Crippen LogP contribution in [0.1, 0.15) is 85.5 Å². The van der Waals surface area contributed by atoms with E-state index < -0.39 is 32.9 Å². The lowest BCUT2D eigenvalue weighted by molar-refractivity contribution is -0.166. The third-order valence-corrected chi connectivity index (χ3v) is 11.9. The molecule has 4 rings (SSSR count). The van der Waals surface area contributed by atoms with E-state index in [9.17, 15) is 36.4 Å². The first-order valence-corrected chi connectivity index (χ1v) is 15.0. The van der Waals surface area contributed by atoms with Crippen molar-refractivity contribution in [2.24, 2.45) is 46.3 Å². The summed E-state index contributed by atoms with van der Waals surface area (Å²) in [5.74, 6) is -1.21. The maximum atomic E-state index is 13.8. The predicted molar refractivity (Wildman–Crippen MR) is 131 cm³/mol. The van der Waals surface area contributed by atoms with Crippen LogP contribution < -0.4 is 0 Å². The van der Waals surface area contributed by atoms with E-state index >= 15 is 0 Å². The Balaban J connectivity index is 1.45. The van der Waals surface area contributed by atoms with Gasteiger partial charge in [-0.3, -0.25) is 23.7 Å². The van der Waals surface area contributed by atoms with Gasteiger partial charge in [-0.1, -0.05) is 20.8 Å². The second-order valence-electron chi connectivity index (χ2n) is 12.6. The summed E-state index contributed by atoms with van der Waals surface area (Å²) in [5.41, 5.74) is -0.948. The average Bonchev–Trinajstić information content (AvgIpc) is 3.17. The van der Waals surface area contributed by atoms with Crippen molar-refractivity contribution in [3.63, 3.8) is 0 Å².